The van der Waals surface area contributed by atoms with Gasteiger partial charge in [-0.15, -0.1) is 0 Å². The van der Waals surface area contributed by atoms with E-state index in [0.29, 0.717) is 6.54 Å². The highest BCUT2D eigenvalue weighted by Crippen LogP contribution is 1.89. The van der Waals surface area contributed by atoms with Crippen molar-refractivity contribution < 1.29 is 24.9 Å². The summed E-state index contributed by atoms with van der Waals surface area (Å²) in [7, 11) is 0. The molecule has 0 fully saturated rings. The number of carboxylic acid groups (broad SMARTS) is 2. The number of carbonyl (C=O) groups is 2. The van der Waals surface area contributed by atoms with E-state index >= 15 is 0 Å². The van der Waals surface area contributed by atoms with Crippen molar-refractivity contribution in [1.29, 1.82) is 0 Å². The maximum Gasteiger partial charge on any atom is 0.333 e. The predicted octanol–water partition coefficient (Wildman–Crippen LogP) is -1.22. The zero-order valence-electron chi connectivity index (χ0n) is 6.88. The normalized spacial score (nSPS) is 11.0. The Kier molecular flexibility index (Phi) is 10.5. The molecule has 1 atom stereocenters. The highest BCUT2D eigenvalue weighted by Gasteiger charge is 2.16. The molecule has 0 heterocycles. The summed E-state index contributed by atoms with van der Waals surface area (Å²) in [5.41, 5.74) is 4.95. The summed E-state index contributed by atoms with van der Waals surface area (Å²) >= 11 is 3.80. The molecule has 0 bridgehead atoms. The predicted molar refractivity (Wildman–Crippen MR) is 48.8 cm³/mol. The molecule has 0 radical (unpaired) electrons. The summed E-state index contributed by atoms with van der Waals surface area (Å²) < 4.78 is 0. The molecule has 1 unspecified atom stereocenters. The standard InChI is InChI=1S/C4H6O5.C2H7NS/c5-2(4(8)9)1-3(6)7;3-1-2-4/h2,5H,1H2,(H,6,7)(H,8,9);4H,1-3H2. The van der Waals surface area contributed by atoms with E-state index < -0.39 is 24.5 Å². The van der Waals surface area contributed by atoms with Gasteiger partial charge < -0.3 is 21.1 Å². The Morgan fingerprint density at radius 2 is 1.77 bits per heavy atom. The van der Waals surface area contributed by atoms with Gasteiger partial charge in [0, 0.05) is 12.3 Å². The molecule has 5 N–H and O–H groups in total. The third-order valence-electron chi connectivity index (χ3n) is 0.782. The Labute approximate surface area is 80.8 Å². The molecular formula is C6H13NO5S. The number of nitrogens with two attached hydrogens (primary N) is 1. The number of aliphatic hydroxyl groups is 1. The van der Waals surface area contributed by atoms with E-state index in [2.05, 4.69) is 12.6 Å². The lowest BCUT2D eigenvalue weighted by Crippen LogP contribution is -2.22. The Balaban J connectivity index is 0. The fourth-order valence-electron chi connectivity index (χ4n) is 0.253. The smallest absolute Gasteiger partial charge is 0.333 e. The molecule has 0 aliphatic carbocycles. The SMILES string of the molecule is NCCS.O=C(O)CC(O)C(=O)O. The second-order valence-electron chi connectivity index (χ2n) is 1.96. The van der Waals surface area contributed by atoms with Gasteiger partial charge in [0.1, 0.15) is 0 Å². The first kappa shape index (κ1) is 14.7. The minimum atomic E-state index is -1.79. The third kappa shape index (κ3) is 14.1. The van der Waals surface area contributed by atoms with E-state index in [-0.39, 0.29) is 0 Å². The van der Waals surface area contributed by atoms with Crippen molar-refractivity contribution in [2.24, 2.45) is 5.73 Å². The molecule has 13 heavy (non-hydrogen) atoms. The first-order valence-electron chi connectivity index (χ1n) is 3.39. The molecule has 6 nitrogen and oxygen atoms in total. The molecule has 0 saturated carbocycles. The van der Waals surface area contributed by atoms with Crippen molar-refractivity contribution in [1.82, 2.24) is 0 Å². The van der Waals surface area contributed by atoms with Crippen LogP contribution in [0.4, 0.5) is 0 Å². The van der Waals surface area contributed by atoms with Crippen molar-refractivity contribution in [2.75, 3.05) is 12.3 Å². The van der Waals surface area contributed by atoms with Gasteiger partial charge in [0.15, 0.2) is 6.10 Å². The maximum atomic E-state index is 9.72. The number of rotatable bonds is 4. The van der Waals surface area contributed by atoms with Gasteiger partial charge in [-0.1, -0.05) is 0 Å². The fraction of sp³-hybridized carbons (Fsp3) is 0.667. The van der Waals surface area contributed by atoms with Crippen LogP contribution >= 0.6 is 12.6 Å². The van der Waals surface area contributed by atoms with Crippen molar-refractivity contribution in [2.45, 2.75) is 12.5 Å². The van der Waals surface area contributed by atoms with Crippen molar-refractivity contribution >= 4 is 24.6 Å². The van der Waals surface area contributed by atoms with Crippen molar-refractivity contribution in [3.63, 3.8) is 0 Å². The zero-order valence-corrected chi connectivity index (χ0v) is 7.78. The molecule has 0 saturated heterocycles. The molecule has 0 rings (SSSR count). The molecule has 0 spiro atoms. The van der Waals surface area contributed by atoms with Crippen LogP contribution in [0.15, 0.2) is 0 Å². The summed E-state index contributed by atoms with van der Waals surface area (Å²) in [4.78, 5) is 19.4. The third-order valence-corrected chi connectivity index (χ3v) is 1.04. The topological polar surface area (TPSA) is 121 Å². The second-order valence-corrected chi connectivity index (χ2v) is 2.41. The monoisotopic (exact) mass is 211 g/mol. The lowest BCUT2D eigenvalue weighted by Gasteiger charge is -1.97. The Morgan fingerprint density at radius 1 is 1.38 bits per heavy atom. The first-order chi connectivity index (χ1) is 5.95. The van der Waals surface area contributed by atoms with Gasteiger partial charge >= 0.3 is 11.9 Å². The van der Waals surface area contributed by atoms with Crippen molar-refractivity contribution in [3.8, 4) is 0 Å². The Morgan fingerprint density at radius 3 is 1.85 bits per heavy atom. The van der Waals surface area contributed by atoms with Gasteiger partial charge in [-0.05, 0) is 0 Å². The number of carboxylic acids is 2. The molecular weight excluding hydrogens is 198 g/mol. The van der Waals surface area contributed by atoms with Crippen LogP contribution < -0.4 is 5.73 Å². The van der Waals surface area contributed by atoms with Crippen LogP contribution in [-0.2, 0) is 9.59 Å². The molecule has 0 aliphatic rings. The molecule has 0 aromatic carbocycles. The van der Waals surface area contributed by atoms with Gasteiger partial charge in [0.2, 0.25) is 0 Å². The minimum Gasteiger partial charge on any atom is -0.481 e. The van der Waals surface area contributed by atoms with Gasteiger partial charge in [-0.25, -0.2) is 4.79 Å². The van der Waals surface area contributed by atoms with E-state index in [1.54, 1.807) is 0 Å². The number of aliphatic hydroxyl groups excluding tert-OH is 1. The molecule has 0 aliphatic heterocycles. The number of hydrogen-bond acceptors (Lipinski definition) is 5. The van der Waals surface area contributed by atoms with Gasteiger partial charge in [0.05, 0.1) is 6.42 Å². The van der Waals surface area contributed by atoms with E-state index in [9.17, 15) is 9.59 Å². The van der Waals surface area contributed by atoms with E-state index in [0.717, 1.165) is 5.75 Å². The fourth-order valence-corrected chi connectivity index (χ4v) is 0.253. The highest BCUT2D eigenvalue weighted by atomic mass is 32.1. The van der Waals surface area contributed by atoms with E-state index in [1.807, 2.05) is 0 Å². The molecule has 0 aromatic rings. The van der Waals surface area contributed by atoms with Crippen LogP contribution in [-0.4, -0.2) is 45.7 Å². The largest absolute Gasteiger partial charge is 0.481 e. The highest BCUT2D eigenvalue weighted by molar-refractivity contribution is 7.80. The Bertz CT molecular complexity index is 161. The van der Waals surface area contributed by atoms with Gasteiger partial charge in [0.25, 0.3) is 0 Å². The quantitative estimate of drug-likeness (QED) is 0.372. The number of thiol groups is 1. The van der Waals surface area contributed by atoms with E-state index in [4.69, 9.17) is 21.1 Å². The molecule has 78 valence electrons. The van der Waals surface area contributed by atoms with Crippen LogP contribution in [0.2, 0.25) is 0 Å². The lowest BCUT2D eigenvalue weighted by molar-refractivity contribution is -0.152. The average Bonchev–Trinajstić information content (AvgIpc) is 2.03. The van der Waals surface area contributed by atoms with Crippen LogP contribution in [0.25, 0.3) is 0 Å². The summed E-state index contributed by atoms with van der Waals surface area (Å²) in [5.74, 6) is -2.05. The van der Waals surface area contributed by atoms with Crippen LogP contribution in [0.5, 0.6) is 0 Å². The van der Waals surface area contributed by atoms with E-state index in [1.165, 1.54) is 0 Å². The second kappa shape index (κ2) is 9.30. The molecule has 0 amide bonds. The first-order valence-corrected chi connectivity index (χ1v) is 4.02. The number of hydrogen-bond donors (Lipinski definition) is 5. The van der Waals surface area contributed by atoms with Crippen molar-refractivity contribution in [3.05, 3.63) is 0 Å². The maximum absolute atomic E-state index is 9.72. The molecule has 7 heteroatoms. The number of aliphatic carboxylic acids is 2. The van der Waals surface area contributed by atoms with Gasteiger partial charge in [-0.3, -0.25) is 4.79 Å². The average molecular weight is 211 g/mol. The van der Waals surface area contributed by atoms with Crippen LogP contribution in [0.1, 0.15) is 6.42 Å². The minimum absolute atomic E-state index is 0.684. The zero-order chi connectivity index (χ0) is 10.9. The summed E-state index contributed by atoms with van der Waals surface area (Å²) in [5, 5.41) is 24.1. The Hall–Kier alpha value is -0.790. The van der Waals surface area contributed by atoms with Crippen LogP contribution in [0.3, 0.4) is 0 Å². The van der Waals surface area contributed by atoms with Gasteiger partial charge in [-0.2, -0.15) is 12.6 Å². The summed E-state index contributed by atoms with van der Waals surface area (Å²) in [6.45, 7) is 0.684. The molecule has 0 aromatic heterocycles. The summed E-state index contributed by atoms with van der Waals surface area (Å²) in [6, 6.07) is 0. The summed E-state index contributed by atoms with van der Waals surface area (Å²) in [6.07, 6.45) is -2.54. The lowest BCUT2D eigenvalue weighted by atomic mass is 10.3. The van der Waals surface area contributed by atoms with Crippen LogP contribution in [0, 0.1) is 0 Å².